The van der Waals surface area contributed by atoms with Crippen LogP contribution in [0.3, 0.4) is 0 Å². The molecule has 2 rings (SSSR count). The molecule has 2 aromatic heterocycles. The summed E-state index contributed by atoms with van der Waals surface area (Å²) in [4.78, 5) is 5.51. The van der Waals surface area contributed by atoms with Crippen LogP contribution in [-0.4, -0.2) is 16.1 Å². The summed E-state index contributed by atoms with van der Waals surface area (Å²) in [5, 5.41) is 3.31. The summed E-state index contributed by atoms with van der Waals surface area (Å²) >= 11 is 7.56. The fourth-order valence-corrected chi connectivity index (χ4v) is 2.74. The summed E-state index contributed by atoms with van der Waals surface area (Å²) < 4.78 is 3.05. The Balaban J connectivity index is 1.92. The lowest BCUT2D eigenvalue weighted by atomic mass is 10.3. The third-order valence-electron chi connectivity index (χ3n) is 2.58. The molecule has 17 heavy (non-hydrogen) atoms. The number of thiophene rings is 1. The number of hydrogen-bond donors (Lipinski definition) is 1. The van der Waals surface area contributed by atoms with E-state index in [1.54, 1.807) is 11.3 Å². The van der Waals surface area contributed by atoms with Gasteiger partial charge in [-0.1, -0.05) is 18.5 Å². The van der Waals surface area contributed by atoms with Crippen LogP contribution in [0.1, 0.15) is 17.5 Å². The van der Waals surface area contributed by atoms with Gasteiger partial charge < -0.3 is 9.88 Å². The van der Waals surface area contributed by atoms with Crippen molar-refractivity contribution in [1.82, 2.24) is 14.9 Å². The quantitative estimate of drug-likeness (QED) is 0.874. The Morgan fingerprint density at radius 1 is 1.47 bits per heavy atom. The Labute approximate surface area is 110 Å². The molecule has 0 spiro atoms. The highest BCUT2D eigenvalue weighted by molar-refractivity contribution is 7.16. The van der Waals surface area contributed by atoms with Crippen molar-refractivity contribution >= 4 is 22.9 Å². The molecule has 0 unspecified atom stereocenters. The lowest BCUT2D eigenvalue weighted by Gasteiger charge is -2.07. The molecule has 0 bridgehead atoms. The molecule has 0 saturated carbocycles. The molecular formula is C12H16ClN3S. The first-order valence-electron chi connectivity index (χ1n) is 5.73. The summed E-state index contributed by atoms with van der Waals surface area (Å²) in [6.07, 6.45) is 4.82. The van der Waals surface area contributed by atoms with Crippen LogP contribution >= 0.6 is 22.9 Å². The zero-order valence-corrected chi connectivity index (χ0v) is 11.4. The third-order valence-corrected chi connectivity index (χ3v) is 3.87. The second-order valence-electron chi connectivity index (χ2n) is 3.81. The van der Waals surface area contributed by atoms with E-state index < -0.39 is 0 Å². The number of aryl methyl sites for hydroxylation is 2. The van der Waals surface area contributed by atoms with Crippen LogP contribution in [0.4, 0.5) is 0 Å². The van der Waals surface area contributed by atoms with E-state index in [4.69, 9.17) is 11.6 Å². The molecule has 0 aliphatic rings. The van der Waals surface area contributed by atoms with Crippen LogP contribution in [-0.2, 0) is 19.5 Å². The van der Waals surface area contributed by atoms with Gasteiger partial charge in [-0.25, -0.2) is 4.98 Å². The average molecular weight is 270 g/mol. The van der Waals surface area contributed by atoms with Gasteiger partial charge in [0, 0.05) is 24.2 Å². The molecule has 0 radical (unpaired) electrons. The molecular weight excluding hydrogens is 254 g/mol. The van der Waals surface area contributed by atoms with Crippen LogP contribution < -0.4 is 5.32 Å². The van der Waals surface area contributed by atoms with Gasteiger partial charge in [0.15, 0.2) is 0 Å². The van der Waals surface area contributed by atoms with Crippen molar-refractivity contribution < 1.29 is 0 Å². The molecule has 0 aliphatic carbocycles. The largest absolute Gasteiger partial charge is 0.333 e. The Hall–Kier alpha value is -0.840. The molecule has 0 saturated heterocycles. The summed E-state index contributed by atoms with van der Waals surface area (Å²) in [5.74, 6) is 0. The normalized spacial score (nSPS) is 10.9. The zero-order chi connectivity index (χ0) is 12.1. The number of imidazole rings is 1. The van der Waals surface area contributed by atoms with Gasteiger partial charge in [-0.15, -0.1) is 11.3 Å². The summed E-state index contributed by atoms with van der Waals surface area (Å²) in [7, 11) is 0. The van der Waals surface area contributed by atoms with E-state index in [1.807, 2.05) is 18.6 Å². The van der Waals surface area contributed by atoms with E-state index in [2.05, 4.69) is 27.9 Å². The maximum atomic E-state index is 5.91. The van der Waals surface area contributed by atoms with Crippen LogP contribution in [0.2, 0.25) is 4.34 Å². The summed E-state index contributed by atoms with van der Waals surface area (Å²) in [6, 6.07) is 4.04. The minimum atomic E-state index is 0.860. The van der Waals surface area contributed by atoms with Gasteiger partial charge >= 0.3 is 0 Å². The summed E-state index contributed by atoms with van der Waals surface area (Å²) in [5.41, 5.74) is 1.23. The van der Waals surface area contributed by atoms with Crippen molar-refractivity contribution in [1.29, 1.82) is 0 Å². The Morgan fingerprint density at radius 3 is 3.06 bits per heavy atom. The number of aromatic nitrogens is 2. The van der Waals surface area contributed by atoms with Crippen LogP contribution in [0, 0.1) is 0 Å². The molecule has 0 aliphatic heterocycles. The fourth-order valence-electron chi connectivity index (χ4n) is 1.67. The average Bonchev–Trinajstić information content (AvgIpc) is 2.92. The minimum Gasteiger partial charge on any atom is -0.333 e. The molecule has 92 valence electrons. The lowest BCUT2D eigenvalue weighted by molar-refractivity contribution is 0.622. The molecule has 0 atom stereocenters. The predicted molar refractivity (Wildman–Crippen MR) is 72.6 cm³/mol. The first kappa shape index (κ1) is 12.6. The topological polar surface area (TPSA) is 29.9 Å². The maximum Gasteiger partial charge on any atom is 0.0948 e. The van der Waals surface area contributed by atoms with Gasteiger partial charge in [-0.05, 0) is 25.1 Å². The molecule has 2 aromatic rings. The van der Waals surface area contributed by atoms with Crippen LogP contribution in [0.25, 0.3) is 0 Å². The highest BCUT2D eigenvalue weighted by atomic mass is 35.5. The number of nitrogens with one attached hydrogen (secondary N) is 1. The van der Waals surface area contributed by atoms with E-state index in [9.17, 15) is 0 Å². The Morgan fingerprint density at radius 2 is 2.35 bits per heavy atom. The Kier molecular flexibility index (Phi) is 4.59. The van der Waals surface area contributed by atoms with Gasteiger partial charge in [0.25, 0.3) is 0 Å². The Bertz CT molecular complexity index is 464. The number of hydrogen-bond acceptors (Lipinski definition) is 3. The van der Waals surface area contributed by atoms with Crippen molar-refractivity contribution in [2.24, 2.45) is 0 Å². The molecule has 0 aromatic carbocycles. The predicted octanol–water partition coefficient (Wildman–Crippen LogP) is 2.95. The van der Waals surface area contributed by atoms with Crippen molar-refractivity contribution in [2.75, 3.05) is 6.54 Å². The molecule has 0 amide bonds. The smallest absolute Gasteiger partial charge is 0.0948 e. The molecule has 3 nitrogen and oxygen atoms in total. The van der Waals surface area contributed by atoms with Gasteiger partial charge in [-0.2, -0.15) is 0 Å². The molecule has 2 heterocycles. The standard InChI is InChI=1S/C12H16ClN3S/c1-2-14-7-10-8-15-9-16(10)6-5-11-3-4-12(13)17-11/h3-4,8-9,14H,2,5-7H2,1H3. The highest BCUT2D eigenvalue weighted by Crippen LogP contribution is 2.22. The van der Waals surface area contributed by atoms with Gasteiger partial charge in [0.1, 0.15) is 0 Å². The van der Waals surface area contributed by atoms with Crippen molar-refractivity contribution in [3.05, 3.63) is 39.6 Å². The SMILES string of the molecule is CCNCc1cncn1CCc1ccc(Cl)s1. The van der Waals surface area contributed by atoms with E-state index in [1.165, 1.54) is 10.6 Å². The van der Waals surface area contributed by atoms with Gasteiger partial charge in [0.2, 0.25) is 0 Å². The molecule has 1 N–H and O–H groups in total. The van der Waals surface area contributed by atoms with E-state index >= 15 is 0 Å². The molecule has 0 fully saturated rings. The van der Waals surface area contributed by atoms with Crippen molar-refractivity contribution in [2.45, 2.75) is 26.4 Å². The second-order valence-corrected chi connectivity index (χ2v) is 5.61. The van der Waals surface area contributed by atoms with Crippen molar-refractivity contribution in [3.63, 3.8) is 0 Å². The maximum absolute atomic E-state index is 5.91. The van der Waals surface area contributed by atoms with Crippen molar-refractivity contribution in [3.8, 4) is 0 Å². The van der Waals surface area contributed by atoms with Gasteiger partial charge in [-0.3, -0.25) is 0 Å². The molecule has 5 heteroatoms. The van der Waals surface area contributed by atoms with E-state index in [0.717, 1.165) is 30.4 Å². The minimum absolute atomic E-state index is 0.860. The fraction of sp³-hybridized carbons (Fsp3) is 0.417. The zero-order valence-electron chi connectivity index (χ0n) is 9.82. The number of halogens is 1. The van der Waals surface area contributed by atoms with E-state index in [0.29, 0.717) is 0 Å². The number of rotatable bonds is 6. The lowest BCUT2D eigenvalue weighted by Crippen LogP contribution is -2.15. The number of nitrogens with zero attached hydrogens (tertiary/aromatic N) is 2. The van der Waals surface area contributed by atoms with Gasteiger partial charge in [0.05, 0.1) is 16.4 Å². The van der Waals surface area contributed by atoms with Crippen LogP contribution in [0.5, 0.6) is 0 Å². The monoisotopic (exact) mass is 269 g/mol. The summed E-state index contributed by atoms with van der Waals surface area (Å²) in [6.45, 7) is 4.92. The first-order chi connectivity index (χ1) is 8.29. The third kappa shape index (κ3) is 3.56. The first-order valence-corrected chi connectivity index (χ1v) is 6.93. The second kappa shape index (κ2) is 6.19. The van der Waals surface area contributed by atoms with Crippen LogP contribution in [0.15, 0.2) is 24.7 Å². The highest BCUT2D eigenvalue weighted by Gasteiger charge is 2.03. The van der Waals surface area contributed by atoms with E-state index in [-0.39, 0.29) is 0 Å².